The fraction of sp³-hybridized carbons (Fsp3) is 1.00. The molecule has 0 N–H and O–H groups in total. The van der Waals surface area contributed by atoms with Gasteiger partial charge in [0.05, 0.1) is 24.4 Å². The number of hydrogen-bond acceptors (Lipinski definition) is 2. The largest absolute Gasteiger partial charge is 0.375 e. The van der Waals surface area contributed by atoms with E-state index in [1.165, 1.54) is 19.3 Å². The van der Waals surface area contributed by atoms with Crippen molar-refractivity contribution in [2.45, 2.75) is 50.6 Å². The Hall–Kier alpha value is -0.0800. The van der Waals surface area contributed by atoms with Crippen molar-refractivity contribution in [3.63, 3.8) is 0 Å². The summed E-state index contributed by atoms with van der Waals surface area (Å²) in [4.78, 5) is 0. The van der Waals surface area contributed by atoms with Crippen LogP contribution < -0.4 is 0 Å². The average molecular weight is 232 g/mol. The van der Waals surface area contributed by atoms with Gasteiger partial charge >= 0.3 is 0 Å². The quantitative estimate of drug-likeness (QED) is 0.471. The van der Waals surface area contributed by atoms with Crippen molar-refractivity contribution in [1.29, 1.82) is 0 Å². The van der Waals surface area contributed by atoms with Gasteiger partial charge in [0.1, 0.15) is 0 Å². The van der Waals surface area contributed by atoms with Crippen LogP contribution in [-0.2, 0) is 9.47 Å². The lowest BCUT2D eigenvalue weighted by molar-refractivity contribution is -0.0254. The van der Waals surface area contributed by atoms with Crippen molar-refractivity contribution in [1.82, 2.24) is 0 Å². The molecule has 0 spiro atoms. The van der Waals surface area contributed by atoms with Gasteiger partial charge in [-0.3, -0.25) is 0 Å². The average Bonchev–Trinajstić information content (AvgIpc) is 2.73. The monoisotopic (exact) mass is 232 g/mol. The molecule has 0 aromatic carbocycles. The normalized spacial score (nSPS) is 77.1. The molecule has 4 bridgehead atoms. The molecule has 4 aliphatic carbocycles. The Morgan fingerprint density at radius 3 is 2.12 bits per heavy atom. The second kappa shape index (κ2) is 2.46. The summed E-state index contributed by atoms with van der Waals surface area (Å²) < 4.78 is 12.1. The Bertz CT molecular complexity index is 374. The summed E-state index contributed by atoms with van der Waals surface area (Å²) in [6.07, 6.45) is 6.94. The number of hydrogen-bond donors (Lipinski definition) is 0. The molecule has 11 unspecified atom stereocenters. The third-order valence-electron chi connectivity index (χ3n) is 7.30. The highest BCUT2D eigenvalue weighted by Gasteiger charge is 2.75. The van der Waals surface area contributed by atoms with E-state index in [-0.39, 0.29) is 0 Å². The lowest BCUT2D eigenvalue weighted by Crippen LogP contribution is -2.41. The maximum absolute atomic E-state index is 6.24. The first-order valence-electron chi connectivity index (χ1n) is 7.64. The predicted molar refractivity (Wildman–Crippen MR) is 61.3 cm³/mol. The highest BCUT2D eigenvalue weighted by molar-refractivity contribution is 5.23. The molecule has 92 valence electrons. The number of rotatable bonds is 0. The molecular formula is C15H20O2. The van der Waals surface area contributed by atoms with Crippen molar-refractivity contribution in [3.05, 3.63) is 0 Å². The third kappa shape index (κ3) is 0.805. The molecule has 11 atom stereocenters. The van der Waals surface area contributed by atoms with E-state index in [1.807, 2.05) is 0 Å². The SMILES string of the molecule is CC1CC2C3CC(C2O1)C1C2CC(C4OC24)C31. The highest BCUT2D eigenvalue weighted by Crippen LogP contribution is 2.74. The first-order valence-corrected chi connectivity index (χ1v) is 7.64. The molecule has 2 aliphatic heterocycles. The van der Waals surface area contributed by atoms with Crippen molar-refractivity contribution in [2.75, 3.05) is 0 Å². The fourth-order valence-corrected chi connectivity index (χ4v) is 7.16. The van der Waals surface area contributed by atoms with Crippen molar-refractivity contribution >= 4 is 0 Å². The first-order chi connectivity index (χ1) is 8.33. The topological polar surface area (TPSA) is 21.8 Å². The maximum atomic E-state index is 6.24. The van der Waals surface area contributed by atoms with Crippen LogP contribution in [0.3, 0.4) is 0 Å². The molecule has 17 heavy (non-hydrogen) atoms. The van der Waals surface area contributed by atoms with Gasteiger partial charge in [-0.05, 0) is 67.6 Å². The van der Waals surface area contributed by atoms with E-state index in [0.29, 0.717) is 24.4 Å². The van der Waals surface area contributed by atoms with Crippen LogP contribution in [0.1, 0.15) is 26.2 Å². The minimum Gasteiger partial charge on any atom is -0.375 e. The van der Waals surface area contributed by atoms with Gasteiger partial charge in [-0.1, -0.05) is 0 Å². The fourth-order valence-electron chi connectivity index (χ4n) is 7.16. The minimum absolute atomic E-state index is 0.539. The van der Waals surface area contributed by atoms with E-state index in [2.05, 4.69) is 6.92 Å². The molecule has 6 rings (SSSR count). The number of epoxide rings is 1. The molecule has 0 aromatic heterocycles. The second-order valence-corrected chi connectivity index (χ2v) is 7.66. The third-order valence-corrected chi connectivity index (χ3v) is 7.30. The lowest BCUT2D eigenvalue weighted by Gasteiger charge is -2.38. The van der Waals surface area contributed by atoms with Gasteiger partial charge in [-0.2, -0.15) is 0 Å². The van der Waals surface area contributed by atoms with Crippen LogP contribution in [-0.4, -0.2) is 24.4 Å². The first kappa shape index (κ1) is 8.92. The van der Waals surface area contributed by atoms with Crippen LogP contribution in [0.25, 0.3) is 0 Å². The van der Waals surface area contributed by atoms with Gasteiger partial charge in [-0.25, -0.2) is 0 Å². The van der Waals surface area contributed by atoms with E-state index in [9.17, 15) is 0 Å². The summed E-state index contributed by atoms with van der Waals surface area (Å²) in [6, 6.07) is 0. The zero-order valence-electron chi connectivity index (χ0n) is 10.3. The molecule has 4 saturated carbocycles. The van der Waals surface area contributed by atoms with Crippen LogP contribution >= 0.6 is 0 Å². The summed E-state index contributed by atoms with van der Waals surface area (Å²) in [5.74, 6) is 6.80. The molecule has 2 nitrogen and oxygen atoms in total. The van der Waals surface area contributed by atoms with Gasteiger partial charge in [-0.15, -0.1) is 0 Å². The molecule has 2 saturated heterocycles. The molecule has 6 aliphatic rings. The molecule has 6 fully saturated rings. The van der Waals surface area contributed by atoms with Crippen LogP contribution in [0, 0.1) is 41.4 Å². The lowest BCUT2D eigenvalue weighted by atomic mass is 9.66. The summed E-state index contributed by atoms with van der Waals surface area (Å²) in [5, 5.41) is 0. The Kier molecular flexibility index (Phi) is 1.29. The zero-order valence-corrected chi connectivity index (χ0v) is 10.3. The van der Waals surface area contributed by atoms with Crippen molar-refractivity contribution in [2.24, 2.45) is 41.4 Å². The van der Waals surface area contributed by atoms with E-state index >= 15 is 0 Å². The summed E-state index contributed by atoms with van der Waals surface area (Å²) in [7, 11) is 0. The Morgan fingerprint density at radius 2 is 1.29 bits per heavy atom. The predicted octanol–water partition coefficient (Wildman–Crippen LogP) is 2.08. The number of ether oxygens (including phenoxy) is 2. The van der Waals surface area contributed by atoms with E-state index in [4.69, 9.17) is 9.47 Å². The molecule has 2 heterocycles. The van der Waals surface area contributed by atoms with Crippen LogP contribution in [0.4, 0.5) is 0 Å². The summed E-state index contributed by atoms with van der Waals surface area (Å²) in [5.41, 5.74) is 0. The number of fused-ring (bicyclic) bond motifs is 15. The summed E-state index contributed by atoms with van der Waals surface area (Å²) >= 11 is 0. The maximum Gasteiger partial charge on any atom is 0.0875 e. The smallest absolute Gasteiger partial charge is 0.0875 e. The van der Waals surface area contributed by atoms with Gasteiger partial charge in [0.2, 0.25) is 0 Å². The second-order valence-electron chi connectivity index (χ2n) is 7.66. The Labute approximate surface area is 102 Å². The Morgan fingerprint density at radius 1 is 0.647 bits per heavy atom. The van der Waals surface area contributed by atoms with Gasteiger partial charge in [0, 0.05) is 0 Å². The van der Waals surface area contributed by atoms with Crippen molar-refractivity contribution < 1.29 is 9.47 Å². The van der Waals surface area contributed by atoms with Gasteiger partial charge in [0.25, 0.3) is 0 Å². The highest BCUT2D eigenvalue weighted by atomic mass is 16.6. The zero-order chi connectivity index (χ0) is 10.9. The molecule has 0 amide bonds. The summed E-state index contributed by atoms with van der Waals surface area (Å²) in [6.45, 7) is 2.28. The molecule has 0 radical (unpaired) electrons. The van der Waals surface area contributed by atoms with E-state index in [0.717, 1.165) is 41.4 Å². The van der Waals surface area contributed by atoms with Crippen molar-refractivity contribution in [3.8, 4) is 0 Å². The Balaban J connectivity index is 1.44. The molecule has 2 heteroatoms. The van der Waals surface area contributed by atoms with Gasteiger partial charge < -0.3 is 9.47 Å². The molecule has 0 aromatic rings. The van der Waals surface area contributed by atoms with Crippen LogP contribution in [0.15, 0.2) is 0 Å². The molecular weight excluding hydrogens is 212 g/mol. The van der Waals surface area contributed by atoms with Gasteiger partial charge in [0.15, 0.2) is 0 Å². The van der Waals surface area contributed by atoms with Crippen LogP contribution in [0.2, 0.25) is 0 Å². The van der Waals surface area contributed by atoms with E-state index < -0.39 is 0 Å². The van der Waals surface area contributed by atoms with E-state index in [1.54, 1.807) is 0 Å². The van der Waals surface area contributed by atoms with Crippen LogP contribution in [0.5, 0.6) is 0 Å². The minimum atomic E-state index is 0.539. The standard InChI is InChI=1S/C15H20O2/c1-5-2-7-6-3-8(13(7)16-5)12-10-4-9(11(6)12)14-15(10)17-14/h5-15H,2-4H2,1H3.